The number of isocyanates is 2. The minimum atomic E-state index is 0.750. The summed E-state index contributed by atoms with van der Waals surface area (Å²) in [5.74, 6) is 0. The first-order chi connectivity index (χ1) is 8.83. The molecule has 0 aromatic heterocycles. The molecule has 4 nitrogen and oxygen atoms in total. The lowest BCUT2D eigenvalue weighted by Crippen LogP contribution is -1.85. The van der Waals surface area contributed by atoms with Crippen molar-refractivity contribution >= 4 is 12.2 Å². The SMILES string of the molecule is C1CCCCC1.N=C=O.N=C=O.c1ccccc1. The summed E-state index contributed by atoms with van der Waals surface area (Å²) in [6, 6.07) is 12.0. The van der Waals surface area contributed by atoms with Crippen LogP contribution >= 0.6 is 0 Å². The van der Waals surface area contributed by atoms with Crippen LogP contribution in [0.2, 0.25) is 0 Å². The van der Waals surface area contributed by atoms with Crippen LogP contribution in [-0.2, 0) is 9.59 Å². The lowest BCUT2D eigenvalue weighted by atomic mass is 10.0. The zero-order chi connectivity index (χ0) is 13.9. The predicted octanol–water partition coefficient (Wildman–Crippen LogP) is 3.83. The van der Waals surface area contributed by atoms with Crippen molar-refractivity contribution in [1.82, 2.24) is 0 Å². The third kappa shape index (κ3) is 23.6. The second-order valence-electron chi connectivity index (χ2n) is 3.48. The van der Waals surface area contributed by atoms with E-state index in [1.807, 2.05) is 36.4 Å². The van der Waals surface area contributed by atoms with Crippen LogP contribution in [0.25, 0.3) is 0 Å². The lowest BCUT2D eigenvalue weighted by molar-refractivity contribution is 0.504. The molecule has 0 aliphatic heterocycles. The molecule has 0 atom stereocenters. The van der Waals surface area contributed by atoms with Crippen LogP contribution in [0, 0.1) is 10.8 Å². The van der Waals surface area contributed by atoms with Crippen molar-refractivity contribution in [1.29, 1.82) is 10.8 Å². The smallest absolute Gasteiger partial charge is 0.222 e. The highest BCUT2D eigenvalue weighted by molar-refractivity contribution is 5.26. The van der Waals surface area contributed by atoms with E-state index >= 15 is 0 Å². The molecule has 0 unspecified atom stereocenters. The molecule has 18 heavy (non-hydrogen) atoms. The number of nitrogens with one attached hydrogen (secondary N) is 2. The van der Waals surface area contributed by atoms with E-state index in [4.69, 9.17) is 20.4 Å². The molecule has 2 rings (SSSR count). The van der Waals surface area contributed by atoms with E-state index in [9.17, 15) is 0 Å². The fraction of sp³-hybridized carbons (Fsp3) is 0.429. The topological polar surface area (TPSA) is 81.8 Å². The quantitative estimate of drug-likeness (QED) is 0.540. The second-order valence-corrected chi connectivity index (χ2v) is 3.48. The van der Waals surface area contributed by atoms with Gasteiger partial charge in [0.1, 0.15) is 0 Å². The highest BCUT2D eigenvalue weighted by Gasteiger charge is 1.95. The maximum Gasteiger partial charge on any atom is 0.231 e. The summed E-state index contributed by atoms with van der Waals surface area (Å²) < 4.78 is 0. The first kappa shape index (κ1) is 18.3. The highest BCUT2D eigenvalue weighted by atomic mass is 16.1. The van der Waals surface area contributed by atoms with Crippen molar-refractivity contribution < 1.29 is 9.59 Å². The molecule has 0 radical (unpaired) electrons. The molecule has 0 amide bonds. The van der Waals surface area contributed by atoms with Crippen molar-refractivity contribution in [3.63, 3.8) is 0 Å². The van der Waals surface area contributed by atoms with E-state index in [1.54, 1.807) is 0 Å². The van der Waals surface area contributed by atoms with Gasteiger partial charge < -0.3 is 0 Å². The zero-order valence-corrected chi connectivity index (χ0v) is 10.5. The molecule has 1 aromatic rings. The van der Waals surface area contributed by atoms with Crippen molar-refractivity contribution in [3.05, 3.63) is 36.4 Å². The molecule has 0 heterocycles. The van der Waals surface area contributed by atoms with E-state index in [-0.39, 0.29) is 0 Å². The van der Waals surface area contributed by atoms with Crippen molar-refractivity contribution in [3.8, 4) is 0 Å². The molecule has 0 saturated heterocycles. The van der Waals surface area contributed by atoms with Gasteiger partial charge in [0.25, 0.3) is 0 Å². The van der Waals surface area contributed by atoms with Crippen molar-refractivity contribution in [2.45, 2.75) is 38.5 Å². The van der Waals surface area contributed by atoms with Crippen LogP contribution in [0.3, 0.4) is 0 Å². The molecule has 1 fully saturated rings. The summed E-state index contributed by atoms with van der Waals surface area (Å²) in [5, 5.41) is 10.8. The Kier molecular flexibility index (Phi) is 20.8. The van der Waals surface area contributed by atoms with Crippen LogP contribution in [-0.4, -0.2) is 12.2 Å². The summed E-state index contributed by atoms with van der Waals surface area (Å²) in [4.78, 5) is 16.7. The number of rotatable bonds is 0. The minimum absolute atomic E-state index is 0.750. The standard InChI is InChI=1S/C6H12.C6H6.2CHNO/c2*1-2-4-6-5-3-1;2*2-1-3/h1-6H2;1-6H;2*2H. The van der Waals surface area contributed by atoms with E-state index in [1.165, 1.54) is 38.5 Å². The molecule has 0 spiro atoms. The minimum Gasteiger partial charge on any atom is -0.222 e. The average molecular weight is 248 g/mol. The van der Waals surface area contributed by atoms with Crippen molar-refractivity contribution in [2.75, 3.05) is 0 Å². The number of carbonyl (C=O) groups excluding carboxylic acids is 2. The Morgan fingerprint density at radius 1 is 0.556 bits per heavy atom. The Balaban J connectivity index is 0. The van der Waals surface area contributed by atoms with Crippen molar-refractivity contribution in [2.24, 2.45) is 0 Å². The summed E-state index contributed by atoms with van der Waals surface area (Å²) in [6.45, 7) is 0. The summed E-state index contributed by atoms with van der Waals surface area (Å²) in [7, 11) is 0. The monoisotopic (exact) mass is 248 g/mol. The molecular formula is C14H20N2O2. The first-order valence-corrected chi connectivity index (χ1v) is 5.91. The molecule has 4 heteroatoms. The predicted molar refractivity (Wildman–Crippen MR) is 71.0 cm³/mol. The Hall–Kier alpha value is -2.02. The van der Waals surface area contributed by atoms with Gasteiger partial charge in [0.05, 0.1) is 0 Å². The number of benzene rings is 1. The lowest BCUT2D eigenvalue weighted by Gasteiger charge is -2.05. The normalized spacial score (nSPS) is 11.6. The third-order valence-corrected chi connectivity index (χ3v) is 2.17. The van der Waals surface area contributed by atoms with Gasteiger partial charge in [-0.25, -0.2) is 20.4 Å². The van der Waals surface area contributed by atoms with Gasteiger partial charge >= 0.3 is 0 Å². The maximum absolute atomic E-state index is 8.35. The fourth-order valence-electron chi connectivity index (χ4n) is 1.45. The molecule has 1 aliphatic carbocycles. The third-order valence-electron chi connectivity index (χ3n) is 2.17. The first-order valence-electron chi connectivity index (χ1n) is 5.91. The van der Waals surface area contributed by atoms with E-state index < -0.39 is 0 Å². The maximum atomic E-state index is 8.35. The Morgan fingerprint density at radius 3 is 0.778 bits per heavy atom. The van der Waals surface area contributed by atoms with Gasteiger partial charge in [-0.2, -0.15) is 0 Å². The summed E-state index contributed by atoms with van der Waals surface area (Å²) >= 11 is 0. The fourth-order valence-corrected chi connectivity index (χ4v) is 1.45. The van der Waals surface area contributed by atoms with E-state index in [0.29, 0.717) is 0 Å². The van der Waals surface area contributed by atoms with E-state index in [0.717, 1.165) is 12.2 Å². The van der Waals surface area contributed by atoms with Crippen LogP contribution < -0.4 is 0 Å². The Bertz CT molecular complexity index is 260. The molecule has 0 bridgehead atoms. The highest BCUT2D eigenvalue weighted by Crippen LogP contribution is 2.15. The van der Waals surface area contributed by atoms with Gasteiger partial charge in [-0.05, 0) is 0 Å². The van der Waals surface area contributed by atoms with Crippen LogP contribution in [0.4, 0.5) is 0 Å². The van der Waals surface area contributed by atoms with E-state index in [2.05, 4.69) is 0 Å². The molecular weight excluding hydrogens is 228 g/mol. The van der Waals surface area contributed by atoms with Gasteiger partial charge in [-0.1, -0.05) is 74.9 Å². The molecule has 1 aromatic carbocycles. The van der Waals surface area contributed by atoms with Gasteiger partial charge in [0.2, 0.25) is 12.2 Å². The Labute approximate surface area is 108 Å². The molecule has 1 aliphatic rings. The van der Waals surface area contributed by atoms with Crippen LogP contribution in [0.15, 0.2) is 36.4 Å². The number of hydrogen-bond donors (Lipinski definition) is 2. The van der Waals surface area contributed by atoms with Gasteiger partial charge in [0.15, 0.2) is 0 Å². The van der Waals surface area contributed by atoms with Gasteiger partial charge in [-0.3, -0.25) is 0 Å². The van der Waals surface area contributed by atoms with Gasteiger partial charge in [-0.15, -0.1) is 0 Å². The molecule has 2 N–H and O–H groups in total. The largest absolute Gasteiger partial charge is 0.231 e. The summed E-state index contributed by atoms with van der Waals surface area (Å²) in [5.41, 5.74) is 0. The summed E-state index contributed by atoms with van der Waals surface area (Å²) in [6.07, 6.45) is 10.5. The average Bonchev–Trinajstić information content (AvgIpc) is 2.45. The van der Waals surface area contributed by atoms with Crippen LogP contribution in [0.1, 0.15) is 38.5 Å². The zero-order valence-electron chi connectivity index (χ0n) is 10.5. The second kappa shape index (κ2) is 20.4. The number of hydrogen-bond acceptors (Lipinski definition) is 4. The molecule has 1 saturated carbocycles. The Morgan fingerprint density at radius 2 is 0.667 bits per heavy atom. The van der Waals surface area contributed by atoms with Gasteiger partial charge in [0, 0.05) is 0 Å². The molecule has 98 valence electrons. The van der Waals surface area contributed by atoms with Crippen LogP contribution in [0.5, 0.6) is 0 Å².